The number of ether oxygens (including phenoxy) is 1. The van der Waals surface area contributed by atoms with Crippen LogP contribution in [0.2, 0.25) is 0 Å². The molecule has 0 bridgehead atoms. The SMILES string of the molecule is N=C(N)c1ccc(OCCCC(=O)NC[C@H](NS(=O)(=O)c2cccc3ccccc23)C(=O)O)cc1. The third-order valence-corrected chi connectivity index (χ3v) is 6.65. The molecule has 1 atom stereocenters. The van der Waals surface area contributed by atoms with E-state index in [9.17, 15) is 23.1 Å². The lowest BCUT2D eigenvalue weighted by Crippen LogP contribution is -2.48. The number of nitrogens with one attached hydrogen (secondary N) is 3. The number of fused-ring (bicyclic) bond motifs is 1. The van der Waals surface area contributed by atoms with Crippen molar-refractivity contribution in [2.24, 2.45) is 5.73 Å². The molecule has 35 heavy (non-hydrogen) atoms. The molecule has 10 nitrogen and oxygen atoms in total. The van der Waals surface area contributed by atoms with Crippen molar-refractivity contribution in [3.8, 4) is 5.75 Å². The van der Waals surface area contributed by atoms with Crippen LogP contribution in [0, 0.1) is 5.41 Å². The topological polar surface area (TPSA) is 172 Å². The fraction of sp³-hybridized carbons (Fsp3) is 0.208. The highest BCUT2D eigenvalue weighted by Crippen LogP contribution is 2.22. The van der Waals surface area contributed by atoms with Gasteiger partial charge in [-0.25, -0.2) is 8.42 Å². The molecule has 184 valence electrons. The van der Waals surface area contributed by atoms with Crippen molar-refractivity contribution in [1.82, 2.24) is 10.0 Å². The van der Waals surface area contributed by atoms with Crippen LogP contribution < -0.4 is 20.5 Å². The van der Waals surface area contributed by atoms with Crippen LogP contribution in [-0.4, -0.2) is 50.4 Å². The molecule has 3 rings (SSSR count). The number of nitrogens with two attached hydrogens (primary N) is 1. The molecule has 0 fully saturated rings. The summed E-state index contributed by atoms with van der Waals surface area (Å²) in [6.45, 7) is -0.172. The molecule has 0 saturated heterocycles. The monoisotopic (exact) mass is 498 g/mol. The lowest BCUT2D eigenvalue weighted by atomic mass is 10.1. The summed E-state index contributed by atoms with van der Waals surface area (Å²) in [5.74, 6) is -1.33. The molecule has 11 heteroatoms. The van der Waals surface area contributed by atoms with Gasteiger partial charge in [0.2, 0.25) is 15.9 Å². The van der Waals surface area contributed by atoms with Crippen molar-refractivity contribution in [2.45, 2.75) is 23.8 Å². The molecule has 0 aliphatic carbocycles. The van der Waals surface area contributed by atoms with E-state index < -0.39 is 34.5 Å². The smallest absolute Gasteiger partial charge is 0.323 e. The number of amidine groups is 1. The van der Waals surface area contributed by atoms with Gasteiger partial charge in [0.1, 0.15) is 17.6 Å². The van der Waals surface area contributed by atoms with E-state index in [1.165, 1.54) is 6.07 Å². The summed E-state index contributed by atoms with van der Waals surface area (Å²) in [6, 6.07) is 16.7. The summed E-state index contributed by atoms with van der Waals surface area (Å²) in [6.07, 6.45) is 0.424. The predicted octanol–water partition coefficient (Wildman–Crippen LogP) is 1.83. The number of carbonyl (C=O) groups is 2. The maximum Gasteiger partial charge on any atom is 0.323 e. The van der Waals surface area contributed by atoms with Gasteiger partial charge in [0.15, 0.2) is 0 Å². The van der Waals surface area contributed by atoms with Crippen molar-refractivity contribution >= 4 is 38.5 Å². The zero-order valence-electron chi connectivity index (χ0n) is 18.7. The maximum atomic E-state index is 12.9. The largest absolute Gasteiger partial charge is 0.494 e. The van der Waals surface area contributed by atoms with Gasteiger partial charge in [-0.2, -0.15) is 4.72 Å². The van der Waals surface area contributed by atoms with E-state index in [1.807, 2.05) is 0 Å². The Morgan fingerprint density at radius 3 is 2.40 bits per heavy atom. The number of carbonyl (C=O) groups excluding carboxylic acids is 1. The summed E-state index contributed by atoms with van der Waals surface area (Å²) >= 11 is 0. The van der Waals surface area contributed by atoms with Crippen LogP contribution in [-0.2, 0) is 19.6 Å². The lowest BCUT2D eigenvalue weighted by Gasteiger charge is -2.16. The second kappa shape index (κ2) is 11.4. The molecule has 0 unspecified atom stereocenters. The summed E-state index contributed by atoms with van der Waals surface area (Å²) in [5.41, 5.74) is 5.97. The average molecular weight is 499 g/mol. The molecule has 0 aliphatic rings. The number of hydrogen-bond donors (Lipinski definition) is 5. The number of carboxylic acids is 1. The molecule has 3 aromatic rings. The number of sulfonamides is 1. The van der Waals surface area contributed by atoms with Crippen LogP contribution in [0.4, 0.5) is 0 Å². The average Bonchev–Trinajstić information content (AvgIpc) is 2.84. The van der Waals surface area contributed by atoms with E-state index >= 15 is 0 Å². The molecule has 6 N–H and O–H groups in total. The van der Waals surface area contributed by atoms with E-state index in [0.29, 0.717) is 28.5 Å². The van der Waals surface area contributed by atoms with Crippen LogP contribution in [0.25, 0.3) is 10.8 Å². The van der Waals surface area contributed by atoms with Gasteiger partial charge in [-0.15, -0.1) is 0 Å². The minimum Gasteiger partial charge on any atom is -0.494 e. The number of rotatable bonds is 12. The number of hydrogen-bond acceptors (Lipinski definition) is 6. The third-order valence-electron chi connectivity index (χ3n) is 5.12. The molecular weight excluding hydrogens is 472 g/mol. The number of benzene rings is 3. The van der Waals surface area contributed by atoms with E-state index in [0.717, 1.165) is 0 Å². The Balaban J connectivity index is 1.50. The minimum absolute atomic E-state index is 0.0401. The molecule has 0 heterocycles. The van der Waals surface area contributed by atoms with Gasteiger partial charge >= 0.3 is 5.97 Å². The van der Waals surface area contributed by atoms with Gasteiger partial charge in [0, 0.05) is 23.9 Å². The molecule has 0 radical (unpaired) electrons. The Hall–Kier alpha value is -3.96. The van der Waals surface area contributed by atoms with Crippen LogP contribution in [0.5, 0.6) is 5.75 Å². The van der Waals surface area contributed by atoms with Crippen molar-refractivity contribution in [3.63, 3.8) is 0 Å². The van der Waals surface area contributed by atoms with Gasteiger partial charge in [-0.05, 0) is 42.1 Å². The Morgan fingerprint density at radius 2 is 1.71 bits per heavy atom. The van der Waals surface area contributed by atoms with E-state index in [1.54, 1.807) is 60.7 Å². The zero-order chi connectivity index (χ0) is 25.4. The normalized spacial score (nSPS) is 12.1. The second-order valence-corrected chi connectivity index (χ2v) is 9.37. The van der Waals surface area contributed by atoms with Gasteiger partial charge in [0.25, 0.3) is 0 Å². The Labute approximate surface area is 202 Å². The molecule has 0 spiro atoms. The van der Waals surface area contributed by atoms with Crippen molar-refractivity contribution in [1.29, 1.82) is 5.41 Å². The zero-order valence-corrected chi connectivity index (χ0v) is 19.5. The highest BCUT2D eigenvalue weighted by atomic mass is 32.2. The van der Waals surface area contributed by atoms with E-state index in [2.05, 4.69) is 10.0 Å². The van der Waals surface area contributed by atoms with Crippen molar-refractivity contribution in [2.75, 3.05) is 13.2 Å². The Bertz CT molecular complexity index is 1320. The molecule has 3 aromatic carbocycles. The summed E-state index contributed by atoms with van der Waals surface area (Å²) in [7, 11) is -4.16. The molecule has 1 amide bonds. The van der Waals surface area contributed by atoms with Gasteiger partial charge in [0.05, 0.1) is 11.5 Å². The predicted molar refractivity (Wildman–Crippen MR) is 131 cm³/mol. The van der Waals surface area contributed by atoms with E-state index in [4.69, 9.17) is 15.9 Å². The first-order valence-corrected chi connectivity index (χ1v) is 12.2. The minimum atomic E-state index is -4.16. The third kappa shape index (κ3) is 7.01. The fourth-order valence-electron chi connectivity index (χ4n) is 3.32. The Kier molecular flexibility index (Phi) is 8.39. The van der Waals surface area contributed by atoms with Crippen LogP contribution in [0.3, 0.4) is 0 Å². The number of nitrogen functional groups attached to an aromatic ring is 1. The standard InChI is InChI=1S/C24H26N4O6S/c25-23(26)17-10-12-18(13-11-17)34-14-4-9-22(29)27-15-20(24(30)31)28-35(32,33)21-8-3-6-16-5-1-2-7-19(16)21/h1-3,5-8,10-13,20,28H,4,9,14-15H2,(H3,25,26)(H,27,29)(H,30,31)/t20-/m0/s1. The van der Waals surface area contributed by atoms with Crippen LogP contribution in [0.15, 0.2) is 71.6 Å². The first-order valence-electron chi connectivity index (χ1n) is 10.7. The van der Waals surface area contributed by atoms with Gasteiger partial charge in [-0.1, -0.05) is 36.4 Å². The highest BCUT2D eigenvalue weighted by molar-refractivity contribution is 7.89. The summed E-state index contributed by atoms with van der Waals surface area (Å²) < 4.78 is 33.5. The number of amides is 1. The Morgan fingerprint density at radius 1 is 1.03 bits per heavy atom. The van der Waals surface area contributed by atoms with Crippen molar-refractivity contribution < 1.29 is 27.9 Å². The molecule has 0 aromatic heterocycles. The maximum absolute atomic E-state index is 12.9. The second-order valence-electron chi connectivity index (χ2n) is 7.68. The van der Waals surface area contributed by atoms with E-state index in [-0.39, 0.29) is 23.8 Å². The quantitative estimate of drug-likeness (QED) is 0.144. The van der Waals surface area contributed by atoms with Crippen molar-refractivity contribution in [3.05, 3.63) is 72.3 Å². The summed E-state index contributed by atoms with van der Waals surface area (Å²) in [4.78, 5) is 23.7. The first kappa shape index (κ1) is 25.7. The molecule has 0 aliphatic heterocycles. The summed E-state index contributed by atoms with van der Waals surface area (Å²) in [5, 5.41) is 20.5. The van der Waals surface area contributed by atoms with Crippen LogP contribution >= 0.6 is 0 Å². The first-order chi connectivity index (χ1) is 16.7. The van der Waals surface area contributed by atoms with Crippen LogP contribution in [0.1, 0.15) is 18.4 Å². The molecule has 0 saturated carbocycles. The highest BCUT2D eigenvalue weighted by Gasteiger charge is 2.27. The molecular formula is C24H26N4O6S. The van der Waals surface area contributed by atoms with Gasteiger partial charge in [-0.3, -0.25) is 15.0 Å². The number of aliphatic carboxylic acids is 1. The fourth-order valence-corrected chi connectivity index (χ4v) is 4.74. The lowest BCUT2D eigenvalue weighted by molar-refractivity contribution is -0.138. The van der Waals surface area contributed by atoms with Gasteiger partial charge < -0.3 is 20.9 Å². The number of carboxylic acid groups (broad SMARTS) is 1.